The first-order valence-corrected chi connectivity index (χ1v) is 6.49. The number of aryl methyl sites for hydroxylation is 2. The van der Waals surface area contributed by atoms with Crippen LogP contribution in [0.3, 0.4) is 0 Å². The van der Waals surface area contributed by atoms with Crippen molar-refractivity contribution in [2.75, 3.05) is 11.9 Å². The van der Waals surface area contributed by atoms with Crippen LogP contribution in [-0.2, 0) is 17.8 Å². The smallest absolute Gasteiger partial charge is 0.247 e. The molecule has 20 heavy (non-hydrogen) atoms. The maximum atomic E-state index is 11.8. The van der Waals surface area contributed by atoms with E-state index in [1.807, 2.05) is 0 Å². The van der Waals surface area contributed by atoms with Crippen molar-refractivity contribution >= 4 is 11.7 Å². The third-order valence-electron chi connectivity index (χ3n) is 2.67. The number of nitrogens with zero attached hydrogens (tertiary/aromatic N) is 4. The van der Waals surface area contributed by atoms with Crippen molar-refractivity contribution in [3.63, 3.8) is 0 Å². The van der Waals surface area contributed by atoms with Crippen LogP contribution in [0.15, 0.2) is 16.8 Å². The van der Waals surface area contributed by atoms with E-state index < -0.39 is 0 Å². The molecule has 0 fully saturated rings. The Morgan fingerprint density at radius 1 is 1.50 bits per heavy atom. The molecule has 2 aromatic heterocycles. The quantitative estimate of drug-likeness (QED) is 0.713. The van der Waals surface area contributed by atoms with Gasteiger partial charge in [-0.05, 0) is 32.7 Å². The van der Waals surface area contributed by atoms with Crippen LogP contribution in [-0.4, -0.2) is 32.6 Å². The molecule has 8 heteroatoms. The first-order valence-electron chi connectivity index (χ1n) is 6.49. The minimum atomic E-state index is -0.225. The molecule has 0 bridgehead atoms. The minimum Gasteiger partial charge on any atom is -0.360 e. The van der Waals surface area contributed by atoms with Crippen molar-refractivity contribution in [3.05, 3.63) is 23.7 Å². The highest BCUT2D eigenvalue weighted by Crippen LogP contribution is 2.07. The van der Waals surface area contributed by atoms with E-state index in [1.54, 1.807) is 19.2 Å². The lowest BCUT2D eigenvalue weighted by atomic mass is 10.2. The summed E-state index contributed by atoms with van der Waals surface area (Å²) in [6.07, 6.45) is 4.52. The van der Waals surface area contributed by atoms with Crippen molar-refractivity contribution in [2.24, 2.45) is 5.73 Å². The van der Waals surface area contributed by atoms with Gasteiger partial charge in [-0.2, -0.15) is 0 Å². The molecule has 0 saturated heterocycles. The summed E-state index contributed by atoms with van der Waals surface area (Å²) in [6, 6.07) is 1.65. The molecule has 0 saturated carbocycles. The number of carbonyl (C=O) groups excluding carboxylic acids is 1. The number of nitrogens with two attached hydrogens (primary N) is 1. The first kappa shape index (κ1) is 14.2. The Bertz CT molecular complexity index is 562. The first-order chi connectivity index (χ1) is 9.67. The van der Waals surface area contributed by atoms with Crippen LogP contribution in [0.5, 0.6) is 0 Å². The zero-order chi connectivity index (χ0) is 14.4. The van der Waals surface area contributed by atoms with E-state index in [9.17, 15) is 4.79 Å². The van der Waals surface area contributed by atoms with Crippen LogP contribution < -0.4 is 11.1 Å². The molecule has 0 aliphatic carbocycles. The number of aromatic nitrogens is 4. The Morgan fingerprint density at radius 3 is 3.05 bits per heavy atom. The molecule has 0 aliphatic rings. The molecule has 108 valence electrons. The van der Waals surface area contributed by atoms with Crippen LogP contribution in [0.25, 0.3) is 0 Å². The third-order valence-corrected chi connectivity index (χ3v) is 2.67. The SMILES string of the molecule is Cc1cc(NC(=O)Cn2cc(CCCCN)nn2)no1. The molecule has 2 aromatic rings. The molecule has 0 aromatic carbocycles. The fraction of sp³-hybridized carbons (Fsp3) is 0.500. The minimum absolute atomic E-state index is 0.0931. The molecule has 2 heterocycles. The maximum Gasteiger partial charge on any atom is 0.247 e. The number of amides is 1. The van der Waals surface area contributed by atoms with Gasteiger partial charge in [0.15, 0.2) is 5.82 Å². The monoisotopic (exact) mass is 278 g/mol. The summed E-state index contributed by atoms with van der Waals surface area (Å²) in [5.41, 5.74) is 6.30. The number of unbranched alkanes of at least 4 members (excludes halogenated alkanes) is 1. The summed E-state index contributed by atoms with van der Waals surface area (Å²) in [5, 5.41) is 14.2. The van der Waals surface area contributed by atoms with E-state index in [4.69, 9.17) is 10.3 Å². The standard InChI is InChI=1S/C12H18N6O2/c1-9-6-11(16-20-9)14-12(19)8-18-7-10(15-17-18)4-2-3-5-13/h6-7H,2-5,8,13H2,1H3,(H,14,16,19). The summed E-state index contributed by atoms with van der Waals surface area (Å²) in [6.45, 7) is 2.52. The summed E-state index contributed by atoms with van der Waals surface area (Å²) in [5.74, 6) is 0.815. The number of rotatable bonds is 7. The number of hydrogen-bond donors (Lipinski definition) is 2. The van der Waals surface area contributed by atoms with Crippen LogP contribution in [0.4, 0.5) is 5.82 Å². The van der Waals surface area contributed by atoms with Gasteiger partial charge >= 0.3 is 0 Å². The van der Waals surface area contributed by atoms with Gasteiger partial charge in [0.05, 0.1) is 5.69 Å². The van der Waals surface area contributed by atoms with Gasteiger partial charge in [0, 0.05) is 12.3 Å². The van der Waals surface area contributed by atoms with Crippen molar-refractivity contribution in [1.29, 1.82) is 0 Å². The molecular weight excluding hydrogens is 260 g/mol. The fourth-order valence-electron chi connectivity index (χ4n) is 1.74. The second-order valence-electron chi connectivity index (χ2n) is 4.52. The van der Waals surface area contributed by atoms with Gasteiger partial charge in [0.1, 0.15) is 12.3 Å². The van der Waals surface area contributed by atoms with Gasteiger partial charge in [-0.3, -0.25) is 4.79 Å². The lowest BCUT2D eigenvalue weighted by molar-refractivity contribution is -0.117. The van der Waals surface area contributed by atoms with Gasteiger partial charge in [-0.1, -0.05) is 10.4 Å². The highest BCUT2D eigenvalue weighted by Gasteiger charge is 2.08. The summed E-state index contributed by atoms with van der Waals surface area (Å²) < 4.78 is 6.36. The van der Waals surface area contributed by atoms with Gasteiger partial charge < -0.3 is 15.6 Å². The molecule has 2 rings (SSSR count). The van der Waals surface area contributed by atoms with Gasteiger partial charge in [0.25, 0.3) is 0 Å². The second kappa shape index (κ2) is 6.80. The topological polar surface area (TPSA) is 112 Å². The van der Waals surface area contributed by atoms with Crippen LogP contribution in [0.1, 0.15) is 24.3 Å². The zero-order valence-corrected chi connectivity index (χ0v) is 11.4. The highest BCUT2D eigenvalue weighted by atomic mass is 16.5. The molecule has 3 N–H and O–H groups in total. The van der Waals surface area contributed by atoms with Crippen molar-refractivity contribution in [2.45, 2.75) is 32.7 Å². The fourth-order valence-corrected chi connectivity index (χ4v) is 1.74. The van der Waals surface area contributed by atoms with E-state index in [2.05, 4.69) is 20.8 Å². The predicted octanol–water partition coefficient (Wildman–Crippen LogP) is 0.495. The average Bonchev–Trinajstić information content (AvgIpc) is 2.99. The van der Waals surface area contributed by atoms with Crippen LogP contribution in [0, 0.1) is 6.92 Å². The summed E-state index contributed by atoms with van der Waals surface area (Å²) in [7, 11) is 0. The third kappa shape index (κ3) is 4.16. The van der Waals surface area contributed by atoms with Crippen LogP contribution >= 0.6 is 0 Å². The normalized spacial score (nSPS) is 10.7. The van der Waals surface area contributed by atoms with Gasteiger partial charge in [-0.25, -0.2) is 4.68 Å². The van der Waals surface area contributed by atoms with Gasteiger partial charge in [0.2, 0.25) is 5.91 Å². The molecule has 1 amide bonds. The van der Waals surface area contributed by atoms with Crippen LogP contribution in [0.2, 0.25) is 0 Å². The van der Waals surface area contributed by atoms with Crippen molar-refractivity contribution in [1.82, 2.24) is 20.2 Å². The number of hydrogen-bond acceptors (Lipinski definition) is 6. The molecule has 0 unspecified atom stereocenters. The highest BCUT2D eigenvalue weighted by molar-refractivity contribution is 5.89. The molecule has 0 radical (unpaired) electrons. The average molecular weight is 278 g/mol. The zero-order valence-electron chi connectivity index (χ0n) is 11.4. The molecule has 0 aliphatic heterocycles. The van der Waals surface area contributed by atoms with E-state index >= 15 is 0 Å². The maximum absolute atomic E-state index is 11.8. The number of carbonyl (C=O) groups is 1. The van der Waals surface area contributed by atoms with Crippen molar-refractivity contribution < 1.29 is 9.32 Å². The number of nitrogens with one attached hydrogen (secondary N) is 1. The predicted molar refractivity (Wildman–Crippen MR) is 71.9 cm³/mol. The summed E-state index contributed by atoms with van der Waals surface area (Å²) >= 11 is 0. The largest absolute Gasteiger partial charge is 0.360 e. The Hall–Kier alpha value is -2.22. The second-order valence-corrected chi connectivity index (χ2v) is 4.52. The molecule has 0 spiro atoms. The van der Waals surface area contributed by atoms with E-state index in [0.29, 0.717) is 18.1 Å². The van der Waals surface area contributed by atoms with Crippen molar-refractivity contribution in [3.8, 4) is 0 Å². The Labute approximate surface area is 116 Å². The molecule has 0 atom stereocenters. The molecule has 8 nitrogen and oxygen atoms in total. The summed E-state index contributed by atoms with van der Waals surface area (Å²) in [4.78, 5) is 11.8. The lowest BCUT2D eigenvalue weighted by Crippen LogP contribution is -2.19. The van der Waals surface area contributed by atoms with E-state index in [0.717, 1.165) is 25.0 Å². The number of anilines is 1. The van der Waals surface area contributed by atoms with E-state index in [-0.39, 0.29) is 12.5 Å². The molecular formula is C12H18N6O2. The van der Waals surface area contributed by atoms with Gasteiger partial charge in [-0.15, -0.1) is 5.10 Å². The Kier molecular flexibility index (Phi) is 4.83. The lowest BCUT2D eigenvalue weighted by Gasteiger charge is -2.00. The van der Waals surface area contributed by atoms with E-state index in [1.165, 1.54) is 4.68 Å². The Morgan fingerprint density at radius 2 is 2.35 bits per heavy atom. The Balaban J connectivity index is 1.82.